The molecule has 0 aliphatic carbocycles. The van der Waals surface area contributed by atoms with Crippen LogP contribution in [0.1, 0.15) is 10.4 Å². The van der Waals surface area contributed by atoms with Crippen LogP contribution in [0, 0.1) is 0 Å². The van der Waals surface area contributed by atoms with Crippen molar-refractivity contribution in [1.29, 1.82) is 0 Å². The molecule has 0 atom stereocenters. The second-order valence-electron chi connectivity index (χ2n) is 3.14. The first-order valence-electron chi connectivity index (χ1n) is 4.63. The van der Waals surface area contributed by atoms with Crippen molar-refractivity contribution in [1.82, 2.24) is 9.78 Å². The molecule has 1 aromatic carbocycles. The summed E-state index contributed by atoms with van der Waals surface area (Å²) in [5.74, 6) is -0.690. The van der Waals surface area contributed by atoms with Crippen LogP contribution in [0.2, 0.25) is 0 Å². The van der Waals surface area contributed by atoms with Crippen LogP contribution in [-0.4, -0.2) is 28.0 Å². The van der Waals surface area contributed by atoms with E-state index >= 15 is 0 Å². The topological polar surface area (TPSA) is 64.4 Å². The molecule has 0 fully saturated rings. The second-order valence-corrected chi connectivity index (χ2v) is 3.14. The minimum atomic E-state index is -0.565. The average molecular weight is 218 g/mol. The molecule has 2 rings (SSSR count). The van der Waals surface area contributed by atoms with E-state index in [9.17, 15) is 9.90 Å². The highest BCUT2D eigenvalue weighted by Gasteiger charge is 2.11. The van der Waals surface area contributed by atoms with Crippen molar-refractivity contribution >= 4 is 5.97 Å². The largest absolute Gasteiger partial charge is 0.507 e. The van der Waals surface area contributed by atoms with E-state index in [2.05, 4.69) is 9.84 Å². The maximum Gasteiger partial charge on any atom is 0.341 e. The van der Waals surface area contributed by atoms with E-state index < -0.39 is 5.97 Å². The number of esters is 1. The third-order valence-electron chi connectivity index (χ3n) is 2.16. The minimum absolute atomic E-state index is 0.125. The van der Waals surface area contributed by atoms with Crippen LogP contribution >= 0.6 is 0 Å². The van der Waals surface area contributed by atoms with Crippen molar-refractivity contribution < 1.29 is 14.6 Å². The summed E-state index contributed by atoms with van der Waals surface area (Å²) >= 11 is 0. The highest BCUT2D eigenvalue weighted by atomic mass is 16.5. The Balaban J connectivity index is 2.41. The van der Waals surface area contributed by atoms with E-state index in [1.807, 2.05) is 0 Å². The molecule has 5 heteroatoms. The van der Waals surface area contributed by atoms with Gasteiger partial charge < -0.3 is 9.84 Å². The fourth-order valence-electron chi connectivity index (χ4n) is 1.37. The lowest BCUT2D eigenvalue weighted by Gasteiger charge is -2.05. The Morgan fingerprint density at radius 2 is 2.31 bits per heavy atom. The highest BCUT2D eigenvalue weighted by molar-refractivity contribution is 5.92. The van der Waals surface area contributed by atoms with Crippen molar-refractivity contribution in [3.63, 3.8) is 0 Å². The standard InChI is InChI=1S/C11H10N2O3/c1-16-11(15)9-4-3-8(7-10(9)14)13-6-2-5-12-13/h2-7,14H,1H3. The van der Waals surface area contributed by atoms with Crippen LogP contribution in [0.15, 0.2) is 36.7 Å². The van der Waals surface area contributed by atoms with E-state index in [0.29, 0.717) is 5.69 Å². The lowest BCUT2D eigenvalue weighted by molar-refractivity contribution is 0.0597. The van der Waals surface area contributed by atoms with Gasteiger partial charge in [0.05, 0.1) is 12.8 Å². The predicted molar refractivity (Wildman–Crippen MR) is 56.6 cm³/mol. The summed E-state index contributed by atoms with van der Waals surface area (Å²) in [4.78, 5) is 11.2. The van der Waals surface area contributed by atoms with Crippen LogP contribution in [0.4, 0.5) is 0 Å². The smallest absolute Gasteiger partial charge is 0.341 e. The number of aromatic nitrogens is 2. The fourth-order valence-corrected chi connectivity index (χ4v) is 1.37. The summed E-state index contributed by atoms with van der Waals surface area (Å²) in [6, 6.07) is 6.40. The lowest BCUT2D eigenvalue weighted by Crippen LogP contribution is -2.02. The lowest BCUT2D eigenvalue weighted by atomic mass is 10.2. The number of phenolic OH excluding ortho intramolecular Hbond substituents is 1. The summed E-state index contributed by atoms with van der Waals surface area (Å²) in [6.45, 7) is 0. The number of carbonyl (C=O) groups is 1. The van der Waals surface area contributed by atoms with Gasteiger partial charge in [-0.25, -0.2) is 9.48 Å². The number of benzene rings is 1. The number of rotatable bonds is 2. The van der Waals surface area contributed by atoms with Gasteiger partial charge in [0.25, 0.3) is 0 Å². The van der Waals surface area contributed by atoms with Gasteiger partial charge in [-0.05, 0) is 18.2 Å². The zero-order valence-corrected chi connectivity index (χ0v) is 8.62. The summed E-state index contributed by atoms with van der Waals surface area (Å²) in [5, 5.41) is 13.7. The van der Waals surface area contributed by atoms with Crippen molar-refractivity contribution in [3.8, 4) is 11.4 Å². The molecule has 0 saturated carbocycles. The third-order valence-corrected chi connectivity index (χ3v) is 2.16. The highest BCUT2D eigenvalue weighted by Crippen LogP contribution is 2.21. The van der Waals surface area contributed by atoms with Crippen molar-refractivity contribution in [2.24, 2.45) is 0 Å². The summed E-state index contributed by atoms with van der Waals surface area (Å²) in [5.41, 5.74) is 0.813. The molecule has 0 saturated heterocycles. The molecule has 0 aliphatic heterocycles. The molecule has 5 nitrogen and oxygen atoms in total. The first kappa shape index (κ1) is 10.2. The average Bonchev–Trinajstić information content (AvgIpc) is 2.81. The molecule has 1 aromatic heterocycles. The number of methoxy groups -OCH3 is 1. The van der Waals surface area contributed by atoms with Crippen LogP contribution < -0.4 is 0 Å². The minimum Gasteiger partial charge on any atom is -0.507 e. The van der Waals surface area contributed by atoms with E-state index in [1.54, 1.807) is 29.2 Å². The molecule has 1 N–H and O–H groups in total. The second kappa shape index (κ2) is 4.06. The molecule has 82 valence electrons. The first-order chi connectivity index (χ1) is 7.72. The predicted octanol–water partition coefficient (Wildman–Crippen LogP) is 1.36. The van der Waals surface area contributed by atoms with E-state index in [4.69, 9.17) is 0 Å². The van der Waals surface area contributed by atoms with Gasteiger partial charge in [0.1, 0.15) is 11.3 Å². The zero-order valence-electron chi connectivity index (χ0n) is 8.62. The van der Waals surface area contributed by atoms with Crippen molar-refractivity contribution in [2.75, 3.05) is 7.11 Å². The van der Waals surface area contributed by atoms with E-state index in [0.717, 1.165) is 0 Å². The Labute approximate surface area is 91.9 Å². The van der Waals surface area contributed by atoms with Gasteiger partial charge in [0.15, 0.2) is 0 Å². The summed E-state index contributed by atoms with van der Waals surface area (Å²) in [6.07, 6.45) is 3.37. The molecule has 16 heavy (non-hydrogen) atoms. The quantitative estimate of drug-likeness (QED) is 0.773. The summed E-state index contributed by atoms with van der Waals surface area (Å²) in [7, 11) is 1.27. The van der Waals surface area contributed by atoms with Crippen molar-refractivity contribution in [3.05, 3.63) is 42.2 Å². The molecular formula is C11H10N2O3. The summed E-state index contributed by atoms with van der Waals surface area (Å²) < 4.78 is 6.11. The number of carbonyl (C=O) groups excluding carboxylic acids is 1. The Morgan fingerprint density at radius 1 is 1.50 bits per heavy atom. The molecule has 2 aromatic rings. The van der Waals surface area contributed by atoms with Crippen LogP contribution in [0.3, 0.4) is 0 Å². The fraction of sp³-hybridized carbons (Fsp3) is 0.0909. The number of aromatic hydroxyl groups is 1. The van der Waals surface area contributed by atoms with Gasteiger partial charge in [0, 0.05) is 18.5 Å². The maximum absolute atomic E-state index is 11.2. The Hall–Kier alpha value is -2.30. The van der Waals surface area contributed by atoms with Crippen molar-refractivity contribution in [2.45, 2.75) is 0 Å². The normalized spacial score (nSPS) is 10.1. The van der Waals surface area contributed by atoms with Gasteiger partial charge in [-0.1, -0.05) is 0 Å². The number of phenols is 1. The molecular weight excluding hydrogens is 208 g/mol. The van der Waals surface area contributed by atoms with Crippen LogP contribution in [0.25, 0.3) is 5.69 Å². The van der Waals surface area contributed by atoms with Gasteiger partial charge >= 0.3 is 5.97 Å². The van der Waals surface area contributed by atoms with Gasteiger partial charge in [-0.2, -0.15) is 5.10 Å². The Bertz CT molecular complexity index is 506. The molecule has 0 radical (unpaired) electrons. The van der Waals surface area contributed by atoms with Gasteiger partial charge in [-0.3, -0.25) is 0 Å². The number of hydrogen-bond acceptors (Lipinski definition) is 4. The molecule has 0 bridgehead atoms. The molecule has 0 unspecified atom stereocenters. The van der Waals surface area contributed by atoms with E-state index in [1.165, 1.54) is 19.2 Å². The maximum atomic E-state index is 11.2. The third kappa shape index (κ3) is 1.75. The van der Waals surface area contributed by atoms with Crippen LogP contribution in [0.5, 0.6) is 5.75 Å². The van der Waals surface area contributed by atoms with Gasteiger partial charge in [-0.15, -0.1) is 0 Å². The van der Waals surface area contributed by atoms with E-state index in [-0.39, 0.29) is 11.3 Å². The zero-order chi connectivity index (χ0) is 11.5. The molecule has 0 aliphatic rings. The monoisotopic (exact) mass is 218 g/mol. The van der Waals surface area contributed by atoms with Crippen LogP contribution in [-0.2, 0) is 4.74 Å². The Morgan fingerprint density at radius 3 is 2.88 bits per heavy atom. The molecule has 1 heterocycles. The molecule has 0 amide bonds. The number of nitrogens with zero attached hydrogens (tertiary/aromatic N) is 2. The first-order valence-corrected chi connectivity index (χ1v) is 4.63. The number of ether oxygens (including phenoxy) is 1. The Kier molecular flexibility index (Phi) is 2.59. The number of hydrogen-bond donors (Lipinski definition) is 1. The van der Waals surface area contributed by atoms with Gasteiger partial charge in [0.2, 0.25) is 0 Å². The SMILES string of the molecule is COC(=O)c1ccc(-n2cccn2)cc1O. The molecule has 0 spiro atoms.